The Bertz CT molecular complexity index is 449. The first kappa shape index (κ1) is 9.48. The minimum absolute atomic E-state index is 0.567. The number of anilines is 1. The van der Waals surface area contributed by atoms with Crippen LogP contribution in [0.1, 0.15) is 11.1 Å². The third-order valence-corrected chi connectivity index (χ3v) is 1.97. The van der Waals surface area contributed by atoms with E-state index in [0.717, 1.165) is 11.1 Å². The summed E-state index contributed by atoms with van der Waals surface area (Å²) in [4.78, 5) is 3.89. The van der Waals surface area contributed by atoms with Gasteiger partial charge in [0, 0.05) is 17.3 Å². The molecule has 4 nitrogen and oxygen atoms in total. The molecule has 0 bridgehead atoms. The van der Waals surface area contributed by atoms with Crippen LogP contribution in [0.2, 0.25) is 0 Å². The van der Waals surface area contributed by atoms with Crippen LogP contribution in [0.4, 0.5) is 5.69 Å². The molecule has 2 aromatic rings. The van der Waals surface area contributed by atoms with E-state index in [2.05, 4.69) is 10.5 Å². The highest BCUT2D eigenvalue weighted by molar-refractivity contribution is 5.75. The van der Waals surface area contributed by atoms with Crippen LogP contribution in [0.3, 0.4) is 0 Å². The predicted molar refractivity (Wildman–Crippen MR) is 57.3 cm³/mol. The summed E-state index contributed by atoms with van der Waals surface area (Å²) >= 11 is 0. The monoisotopic (exact) mass is 202 g/mol. The van der Waals surface area contributed by atoms with E-state index in [1.165, 1.54) is 0 Å². The zero-order valence-electron chi connectivity index (χ0n) is 7.92. The lowest BCUT2D eigenvalue weighted by atomic mass is 10.2. The summed E-state index contributed by atoms with van der Waals surface area (Å²) in [5.41, 5.74) is 4.48. The van der Waals surface area contributed by atoms with Gasteiger partial charge in [0.25, 0.3) is 0 Å². The van der Waals surface area contributed by atoms with Crippen molar-refractivity contribution in [3.05, 3.63) is 48.2 Å². The van der Waals surface area contributed by atoms with E-state index >= 15 is 0 Å². The zero-order chi connectivity index (χ0) is 10.5. The average molecular weight is 202 g/mol. The first-order chi connectivity index (χ1) is 7.40. The maximum Gasteiger partial charge on any atom is 0.0974 e. The van der Waals surface area contributed by atoms with Gasteiger partial charge in [-0.2, -0.15) is 0 Å². The minimum Gasteiger partial charge on any atom is -0.472 e. The maximum atomic E-state index is 8.83. The Hall–Kier alpha value is -2.07. The lowest BCUT2D eigenvalue weighted by Gasteiger charge is -2.01. The van der Waals surface area contributed by atoms with Crippen LogP contribution in [0, 0.1) is 0 Å². The molecule has 2 heterocycles. The molecule has 4 heteroatoms. The molecule has 2 aromatic heterocycles. The van der Waals surface area contributed by atoms with Crippen LogP contribution in [0.15, 0.2) is 41.5 Å². The third kappa shape index (κ3) is 2.24. The third-order valence-electron chi connectivity index (χ3n) is 1.97. The van der Waals surface area contributed by atoms with Crippen LogP contribution >= 0.6 is 0 Å². The fourth-order valence-electron chi connectivity index (χ4n) is 1.20. The molecule has 0 aliphatic carbocycles. The Morgan fingerprint density at radius 2 is 2.27 bits per heavy atom. The second kappa shape index (κ2) is 4.43. The zero-order valence-corrected chi connectivity index (χ0v) is 7.92. The van der Waals surface area contributed by atoms with Crippen molar-refractivity contribution < 1.29 is 9.62 Å². The molecule has 0 atom stereocenters. The standard InChI is InChI=1S/C11H10N2O2/c14-13-11-7-12-5-3-10(11)2-1-9-4-6-15-8-9/h1-8,13-14H/b2-1+. The van der Waals surface area contributed by atoms with E-state index < -0.39 is 0 Å². The quantitative estimate of drug-likeness (QED) is 0.751. The molecule has 15 heavy (non-hydrogen) atoms. The molecule has 76 valence electrons. The van der Waals surface area contributed by atoms with Gasteiger partial charge in [-0.1, -0.05) is 12.2 Å². The fourth-order valence-corrected chi connectivity index (χ4v) is 1.20. The average Bonchev–Trinajstić information content (AvgIpc) is 2.79. The Morgan fingerprint density at radius 3 is 3.00 bits per heavy atom. The summed E-state index contributed by atoms with van der Waals surface area (Å²) in [6.45, 7) is 0. The number of hydrogen-bond acceptors (Lipinski definition) is 4. The van der Waals surface area contributed by atoms with Crippen LogP contribution in [-0.2, 0) is 0 Å². The Labute approximate surface area is 86.8 Å². The van der Waals surface area contributed by atoms with Gasteiger partial charge in [-0.05, 0) is 12.1 Å². The highest BCUT2D eigenvalue weighted by Gasteiger charge is 1.96. The molecule has 2 rings (SSSR count). The van der Waals surface area contributed by atoms with Gasteiger partial charge in [-0.15, -0.1) is 0 Å². The smallest absolute Gasteiger partial charge is 0.0974 e. The van der Waals surface area contributed by atoms with Crippen molar-refractivity contribution in [3.63, 3.8) is 0 Å². The number of nitrogens with one attached hydrogen (secondary N) is 1. The molecule has 2 N–H and O–H groups in total. The largest absolute Gasteiger partial charge is 0.472 e. The number of furan rings is 1. The molecule has 0 saturated heterocycles. The minimum atomic E-state index is 0.567. The highest BCUT2D eigenvalue weighted by Crippen LogP contribution is 2.16. The molecule has 0 aromatic carbocycles. The molecule has 0 aliphatic heterocycles. The Morgan fingerprint density at radius 1 is 1.33 bits per heavy atom. The van der Waals surface area contributed by atoms with Crippen molar-refractivity contribution in [2.75, 3.05) is 5.48 Å². The molecule has 0 amide bonds. The van der Waals surface area contributed by atoms with Crippen LogP contribution in [0.5, 0.6) is 0 Å². The van der Waals surface area contributed by atoms with E-state index in [-0.39, 0.29) is 0 Å². The molecular weight excluding hydrogens is 192 g/mol. The number of aromatic nitrogens is 1. The first-order valence-corrected chi connectivity index (χ1v) is 4.44. The Balaban J connectivity index is 2.24. The summed E-state index contributed by atoms with van der Waals surface area (Å²) in [7, 11) is 0. The van der Waals surface area contributed by atoms with E-state index in [1.807, 2.05) is 18.2 Å². The Kier molecular flexibility index (Phi) is 2.80. The van der Waals surface area contributed by atoms with Gasteiger partial charge in [0.15, 0.2) is 0 Å². The molecule has 0 aliphatic rings. The van der Waals surface area contributed by atoms with E-state index in [9.17, 15) is 0 Å². The van der Waals surface area contributed by atoms with Gasteiger partial charge in [0.2, 0.25) is 0 Å². The topological polar surface area (TPSA) is 58.3 Å². The normalized spacial score (nSPS) is 10.7. The maximum absolute atomic E-state index is 8.83. The lowest BCUT2D eigenvalue weighted by Crippen LogP contribution is -1.92. The van der Waals surface area contributed by atoms with Crippen molar-refractivity contribution in [2.24, 2.45) is 0 Å². The van der Waals surface area contributed by atoms with Crippen LogP contribution in [-0.4, -0.2) is 10.2 Å². The summed E-state index contributed by atoms with van der Waals surface area (Å²) in [5, 5.41) is 8.83. The van der Waals surface area contributed by atoms with E-state index in [1.54, 1.807) is 31.0 Å². The fraction of sp³-hybridized carbons (Fsp3) is 0. The van der Waals surface area contributed by atoms with Crippen LogP contribution < -0.4 is 5.48 Å². The van der Waals surface area contributed by atoms with E-state index in [4.69, 9.17) is 9.62 Å². The van der Waals surface area contributed by atoms with Gasteiger partial charge >= 0.3 is 0 Å². The molecule has 0 saturated carbocycles. The first-order valence-electron chi connectivity index (χ1n) is 4.44. The number of nitrogens with zero attached hydrogens (tertiary/aromatic N) is 1. The lowest BCUT2D eigenvalue weighted by molar-refractivity contribution is 0.388. The summed E-state index contributed by atoms with van der Waals surface area (Å²) in [6.07, 6.45) is 10.2. The highest BCUT2D eigenvalue weighted by atomic mass is 16.5. The predicted octanol–water partition coefficient (Wildman–Crippen LogP) is 2.65. The van der Waals surface area contributed by atoms with Crippen molar-refractivity contribution >= 4 is 17.8 Å². The van der Waals surface area contributed by atoms with Crippen molar-refractivity contribution in [1.29, 1.82) is 0 Å². The van der Waals surface area contributed by atoms with Gasteiger partial charge < -0.3 is 4.42 Å². The molecule has 0 spiro atoms. The van der Waals surface area contributed by atoms with Crippen LogP contribution in [0.25, 0.3) is 12.2 Å². The second-order valence-corrected chi connectivity index (χ2v) is 2.96. The number of hydrogen-bond donors (Lipinski definition) is 2. The summed E-state index contributed by atoms with van der Waals surface area (Å²) in [6, 6.07) is 3.65. The molecule has 0 unspecified atom stereocenters. The van der Waals surface area contributed by atoms with Gasteiger partial charge in [-0.3, -0.25) is 15.7 Å². The number of rotatable bonds is 3. The molecule has 0 radical (unpaired) electrons. The number of pyridine rings is 1. The SMILES string of the molecule is ONc1cnccc1/C=C/c1ccoc1. The van der Waals surface area contributed by atoms with Gasteiger partial charge in [0.1, 0.15) is 0 Å². The molecular formula is C11H10N2O2. The second-order valence-electron chi connectivity index (χ2n) is 2.96. The van der Waals surface area contributed by atoms with Crippen molar-refractivity contribution in [3.8, 4) is 0 Å². The van der Waals surface area contributed by atoms with Crippen molar-refractivity contribution in [1.82, 2.24) is 4.98 Å². The summed E-state index contributed by atoms with van der Waals surface area (Å²) < 4.78 is 4.93. The van der Waals surface area contributed by atoms with Crippen molar-refractivity contribution in [2.45, 2.75) is 0 Å². The summed E-state index contributed by atoms with van der Waals surface area (Å²) in [5.74, 6) is 0. The van der Waals surface area contributed by atoms with Gasteiger partial charge in [0.05, 0.1) is 24.4 Å². The molecule has 0 fully saturated rings. The van der Waals surface area contributed by atoms with E-state index in [0.29, 0.717) is 5.69 Å². The van der Waals surface area contributed by atoms with Gasteiger partial charge in [-0.25, -0.2) is 0 Å².